The molecule has 32 heavy (non-hydrogen) atoms. The summed E-state index contributed by atoms with van der Waals surface area (Å²) in [6, 6.07) is 36.1. The summed E-state index contributed by atoms with van der Waals surface area (Å²) in [5.41, 5.74) is 0. The molecule has 0 spiro atoms. The molecule has 0 amide bonds. The number of benzene rings is 4. The quantitative estimate of drug-likeness (QED) is 0.239. The van der Waals surface area contributed by atoms with E-state index in [4.69, 9.17) is 0 Å². The van der Waals surface area contributed by atoms with Crippen LogP contribution in [0.25, 0.3) is 43.1 Å². The minimum Gasteiger partial charge on any atom is -1.00 e. The Morgan fingerprint density at radius 1 is 0.500 bits per heavy atom. The van der Waals surface area contributed by atoms with E-state index in [-0.39, 0.29) is 46.5 Å². The molecule has 0 aliphatic rings. The van der Waals surface area contributed by atoms with Crippen molar-refractivity contribution >= 4 is 61.5 Å². The molecule has 0 saturated heterocycles. The largest absolute Gasteiger partial charge is 4.00 e. The molecule has 6 rings (SSSR count). The minimum absolute atomic E-state index is 0. The zero-order chi connectivity index (χ0) is 19.6. The third-order valence-electron chi connectivity index (χ3n) is 6.66. The molecule has 6 aromatic carbocycles. The van der Waals surface area contributed by atoms with Gasteiger partial charge in [0.15, 0.2) is 0 Å². The van der Waals surface area contributed by atoms with Crippen LogP contribution >= 0.6 is 0 Å². The molecular weight excluding hydrogens is 483 g/mol. The van der Waals surface area contributed by atoms with E-state index in [1.165, 1.54) is 53.5 Å². The summed E-state index contributed by atoms with van der Waals surface area (Å²) >= 11 is 0. The van der Waals surface area contributed by atoms with Gasteiger partial charge in [-0.15, -0.1) is 77.7 Å². The first-order valence-electron chi connectivity index (χ1n) is 10.3. The second-order valence-corrected chi connectivity index (χ2v) is 12.9. The Hall–Kier alpha value is -1.87. The van der Waals surface area contributed by atoms with E-state index in [1.807, 2.05) is 0 Å². The molecule has 0 aliphatic carbocycles. The maximum absolute atomic E-state index is 2.51. The number of fused-ring (bicyclic) bond motifs is 6. The van der Waals surface area contributed by atoms with Crippen LogP contribution < -0.4 is 35.2 Å². The van der Waals surface area contributed by atoms with Crippen molar-refractivity contribution in [3.8, 4) is 0 Å². The second kappa shape index (κ2) is 9.17. The number of halogens is 2. The van der Waals surface area contributed by atoms with Gasteiger partial charge in [-0.05, 0) is 0 Å². The summed E-state index contributed by atoms with van der Waals surface area (Å²) in [5.74, 6) is 0. The van der Waals surface area contributed by atoms with E-state index >= 15 is 0 Å². The molecule has 0 radical (unpaired) electrons. The van der Waals surface area contributed by atoms with Crippen molar-refractivity contribution in [2.24, 2.45) is 0 Å². The summed E-state index contributed by atoms with van der Waals surface area (Å²) in [6.45, 7) is 5.01. The van der Waals surface area contributed by atoms with Crippen molar-refractivity contribution in [2.75, 3.05) is 0 Å². The van der Waals surface area contributed by atoms with Gasteiger partial charge >= 0.3 is 21.7 Å². The Morgan fingerprint density at radius 3 is 1.31 bits per heavy atom. The molecule has 0 saturated carbocycles. The fraction of sp³-hybridized carbons (Fsp3) is 0.0714. The Morgan fingerprint density at radius 2 is 0.875 bits per heavy atom. The van der Waals surface area contributed by atoms with Crippen LogP contribution in [0.3, 0.4) is 0 Å². The maximum atomic E-state index is 2.51. The van der Waals surface area contributed by atoms with Crippen LogP contribution in [0.2, 0.25) is 13.1 Å². The van der Waals surface area contributed by atoms with Gasteiger partial charge in [0.05, 0.1) is 0 Å². The van der Waals surface area contributed by atoms with Gasteiger partial charge in [0.25, 0.3) is 0 Å². The van der Waals surface area contributed by atoms with Gasteiger partial charge in [-0.25, -0.2) is 0 Å². The average Bonchev–Trinajstić information content (AvgIpc) is 3.31. The summed E-state index contributed by atoms with van der Waals surface area (Å²) in [4.78, 5) is 0. The Labute approximate surface area is 217 Å². The second-order valence-electron chi connectivity index (χ2n) is 8.62. The van der Waals surface area contributed by atoms with E-state index in [0.29, 0.717) is 0 Å². The molecule has 156 valence electrons. The zero-order valence-corrected chi connectivity index (χ0v) is 22.1. The predicted molar refractivity (Wildman–Crippen MR) is 131 cm³/mol. The van der Waals surface area contributed by atoms with E-state index in [1.54, 1.807) is 0 Å². The molecule has 0 unspecified atom stereocenters. The molecule has 0 fully saturated rings. The molecule has 0 nitrogen and oxygen atoms in total. The monoisotopic (exact) mass is 504 g/mol. The van der Waals surface area contributed by atoms with Gasteiger partial charge in [0.1, 0.15) is 0 Å². The molecule has 0 N–H and O–H groups in total. The molecule has 0 atom stereocenters. The van der Waals surface area contributed by atoms with E-state index in [2.05, 4.69) is 110 Å². The van der Waals surface area contributed by atoms with Crippen molar-refractivity contribution in [1.29, 1.82) is 0 Å². The van der Waals surface area contributed by atoms with E-state index < -0.39 is 8.07 Å². The molecule has 0 bridgehead atoms. The third-order valence-corrected chi connectivity index (χ3v) is 10.2. The smallest absolute Gasteiger partial charge is 1.00 e. The first-order chi connectivity index (χ1) is 14.1. The SMILES string of the molecule is C[Si](C)(c1cccc2c1[cH-]c1ccccc12)c1cccc2c1[cH-]c1ccccc12.[Cl-].[Cl-].[Ti+4]. The van der Waals surface area contributed by atoms with Crippen LogP contribution in [0.4, 0.5) is 0 Å². The van der Waals surface area contributed by atoms with Crippen molar-refractivity contribution in [3.05, 3.63) is 97.1 Å². The van der Waals surface area contributed by atoms with Gasteiger partial charge < -0.3 is 24.8 Å². The van der Waals surface area contributed by atoms with Gasteiger partial charge in [-0.2, -0.15) is 0 Å². The summed E-state index contributed by atoms with van der Waals surface area (Å²) in [6.07, 6.45) is 0. The van der Waals surface area contributed by atoms with Crippen molar-refractivity contribution in [1.82, 2.24) is 0 Å². The summed E-state index contributed by atoms with van der Waals surface area (Å²) < 4.78 is 0. The molecule has 0 aromatic heterocycles. The van der Waals surface area contributed by atoms with Gasteiger partial charge in [0, 0.05) is 8.07 Å². The standard InChI is InChI=1S/C28H22Si.2ClH.Ti/c1-29(2,27-15-7-13-23-21-11-5-3-9-19(21)17-25(23)27)28-16-8-14-24-22-12-6-4-10-20(22)18-26(24)28;;;/h3-18H,1-2H3;2*1H;/q-2;;;+4/p-2. The molecular formula is C28H22Cl2SiTi. The maximum Gasteiger partial charge on any atom is 4.00 e. The normalized spacial score (nSPS) is 11.3. The van der Waals surface area contributed by atoms with Crippen molar-refractivity contribution in [2.45, 2.75) is 13.1 Å². The fourth-order valence-corrected chi connectivity index (χ4v) is 8.27. The molecule has 0 aliphatic heterocycles. The summed E-state index contributed by atoms with van der Waals surface area (Å²) in [7, 11) is -1.91. The van der Waals surface area contributed by atoms with Crippen LogP contribution in [0, 0.1) is 0 Å². The minimum atomic E-state index is -1.91. The topological polar surface area (TPSA) is 0 Å². The van der Waals surface area contributed by atoms with Crippen molar-refractivity contribution in [3.63, 3.8) is 0 Å². The first kappa shape index (κ1) is 24.8. The van der Waals surface area contributed by atoms with Crippen LogP contribution in [0.1, 0.15) is 0 Å². The van der Waals surface area contributed by atoms with Crippen LogP contribution in [-0.2, 0) is 21.7 Å². The third kappa shape index (κ3) is 3.57. The van der Waals surface area contributed by atoms with Crippen LogP contribution in [0.15, 0.2) is 97.1 Å². The Kier molecular flexibility index (Phi) is 7.10. The molecule has 4 heteroatoms. The van der Waals surface area contributed by atoms with Crippen molar-refractivity contribution < 1.29 is 46.5 Å². The molecule has 6 aromatic rings. The van der Waals surface area contributed by atoms with Gasteiger partial charge in [-0.3, -0.25) is 0 Å². The number of rotatable bonds is 2. The Bertz CT molecular complexity index is 1430. The Balaban J connectivity index is 0.000000963. The van der Waals surface area contributed by atoms with Crippen LogP contribution in [0.5, 0.6) is 0 Å². The van der Waals surface area contributed by atoms with E-state index in [0.717, 1.165) is 0 Å². The van der Waals surface area contributed by atoms with E-state index in [9.17, 15) is 0 Å². The predicted octanol–water partition coefficient (Wildman–Crippen LogP) is 0.565. The fourth-order valence-electron chi connectivity index (χ4n) is 5.19. The summed E-state index contributed by atoms with van der Waals surface area (Å²) in [5, 5.41) is 14.1. The number of hydrogen-bond donors (Lipinski definition) is 0. The zero-order valence-electron chi connectivity index (χ0n) is 18.0. The van der Waals surface area contributed by atoms with Crippen LogP contribution in [-0.4, -0.2) is 8.07 Å². The molecule has 0 heterocycles. The van der Waals surface area contributed by atoms with Gasteiger partial charge in [-0.1, -0.05) is 85.9 Å². The van der Waals surface area contributed by atoms with Gasteiger partial charge in [0.2, 0.25) is 0 Å². The first-order valence-corrected chi connectivity index (χ1v) is 13.3. The number of hydrogen-bond acceptors (Lipinski definition) is 0. The average molecular weight is 505 g/mol.